The summed E-state index contributed by atoms with van der Waals surface area (Å²) in [4.78, 5) is 22.5. The van der Waals surface area contributed by atoms with Crippen LogP contribution < -0.4 is 4.90 Å². The summed E-state index contributed by atoms with van der Waals surface area (Å²) in [7, 11) is 1.43. The number of halogens is 5. The number of carbonyl (C=O) groups is 1. The Morgan fingerprint density at radius 2 is 1.89 bits per heavy atom. The molecule has 0 radical (unpaired) electrons. The lowest BCUT2D eigenvalue weighted by Gasteiger charge is -2.21. The van der Waals surface area contributed by atoms with Gasteiger partial charge in [-0.3, -0.25) is 14.2 Å². The van der Waals surface area contributed by atoms with Gasteiger partial charge in [0.1, 0.15) is 17.3 Å². The summed E-state index contributed by atoms with van der Waals surface area (Å²) < 4.78 is 54.8. The first-order valence-corrected chi connectivity index (χ1v) is 12.3. The third-order valence-electron chi connectivity index (χ3n) is 5.89. The molecule has 0 N–H and O–H groups in total. The highest BCUT2D eigenvalue weighted by Gasteiger charge is 2.33. The van der Waals surface area contributed by atoms with Gasteiger partial charge in [0.15, 0.2) is 0 Å². The summed E-state index contributed by atoms with van der Waals surface area (Å²) in [6.07, 6.45) is 5.60. The van der Waals surface area contributed by atoms with E-state index in [0.29, 0.717) is 33.7 Å². The molecule has 0 spiro atoms. The van der Waals surface area contributed by atoms with Gasteiger partial charge in [0.05, 0.1) is 23.7 Å². The molecule has 10 heteroatoms. The van der Waals surface area contributed by atoms with Crippen molar-refractivity contribution in [3.63, 3.8) is 0 Å². The molecule has 0 aliphatic heterocycles. The number of imidazole rings is 1. The second kappa shape index (κ2) is 10.9. The largest absolute Gasteiger partial charge is 0.322 e. The molecule has 0 saturated carbocycles. The van der Waals surface area contributed by atoms with Crippen LogP contribution in [0.3, 0.4) is 0 Å². The number of alkyl halides is 3. The summed E-state index contributed by atoms with van der Waals surface area (Å²) in [5.41, 5.74) is 2.42. The van der Waals surface area contributed by atoms with Gasteiger partial charge in [-0.25, -0.2) is 13.8 Å². The molecule has 0 fully saturated rings. The standard InChI is InChI=1S/C28H21F4IN4O/c1-17(13-20(30)15-34-2)25-16-35-26-22(5-4-12-37(25)26)18-6-11-24(28(31,32)33)23(14-18)27(38)36(3)21-9-7-19(29)8-10-21/h4-16H,2H2,1,3H3/b17-13+,20-15+. The van der Waals surface area contributed by atoms with E-state index in [-0.39, 0.29) is 5.56 Å². The summed E-state index contributed by atoms with van der Waals surface area (Å²) in [5, 5.41) is 0. The Labute approximate surface area is 230 Å². The maximum Gasteiger partial charge on any atom is 0.322 e. The number of amides is 1. The minimum absolute atomic E-state index is 0.206. The molecule has 1 amide bonds. The molecule has 5 nitrogen and oxygen atoms in total. The topological polar surface area (TPSA) is 50.0 Å². The maximum absolute atomic E-state index is 14.5. The van der Waals surface area contributed by atoms with Crippen molar-refractivity contribution < 1.29 is 22.4 Å². The molecular weight excluding hydrogens is 611 g/mol. The Kier molecular flexibility index (Phi) is 7.81. The average molecular weight is 632 g/mol. The van der Waals surface area contributed by atoms with E-state index in [1.165, 1.54) is 60.5 Å². The van der Waals surface area contributed by atoms with Crippen LogP contribution in [-0.2, 0) is 3.93 Å². The number of allylic oxidation sites excluding steroid dienone is 3. The van der Waals surface area contributed by atoms with Crippen LogP contribution in [0.1, 0.15) is 28.5 Å². The smallest absolute Gasteiger partial charge is 0.311 e. The molecule has 2 heterocycles. The summed E-state index contributed by atoms with van der Waals surface area (Å²) in [6.45, 7) is 4.95. The van der Waals surface area contributed by atoms with Crippen LogP contribution in [0, 0.1) is 5.82 Å². The number of fused-ring (bicyclic) bond motifs is 1. The second-order valence-electron chi connectivity index (χ2n) is 8.38. The van der Waals surface area contributed by atoms with Crippen molar-refractivity contribution in [2.45, 2.75) is 10.9 Å². The van der Waals surface area contributed by atoms with Crippen molar-refractivity contribution in [2.24, 2.45) is 4.99 Å². The first-order chi connectivity index (χ1) is 18.0. The molecule has 0 atom stereocenters. The Morgan fingerprint density at radius 3 is 2.55 bits per heavy atom. The molecule has 0 saturated heterocycles. The number of carbonyl (C=O) groups excluding carboxylic acids is 1. The lowest BCUT2D eigenvalue weighted by molar-refractivity contribution is 0.0968. The Morgan fingerprint density at radius 1 is 1.18 bits per heavy atom. The fourth-order valence-corrected chi connectivity index (χ4v) is 4.50. The summed E-state index contributed by atoms with van der Waals surface area (Å²) >= 11 is 0.988. The van der Waals surface area contributed by atoms with Crippen LogP contribution in [0.25, 0.3) is 22.3 Å². The number of hydrogen-bond donors (Lipinski definition) is 0. The lowest BCUT2D eigenvalue weighted by atomic mass is 9.98. The number of anilines is 1. The van der Waals surface area contributed by atoms with Crippen LogP contribution in [0.5, 0.6) is 0 Å². The highest BCUT2D eigenvalue weighted by atomic mass is 127. The molecule has 0 unspecified atom stereocenters. The van der Waals surface area contributed by atoms with Crippen LogP contribution >= 0.6 is 22.6 Å². The zero-order valence-corrected chi connectivity index (χ0v) is 22.5. The van der Waals surface area contributed by atoms with Gasteiger partial charge in [-0.15, -0.1) is 0 Å². The zero-order chi connectivity index (χ0) is 27.6. The van der Waals surface area contributed by atoms with Gasteiger partial charge in [-0.05, 0) is 73.3 Å². The molecule has 2 aromatic carbocycles. The fourth-order valence-electron chi connectivity index (χ4n) is 4.03. The van der Waals surface area contributed by atoms with Crippen molar-refractivity contribution in [3.8, 4) is 11.1 Å². The van der Waals surface area contributed by atoms with E-state index in [1.807, 2.05) is 0 Å². The first-order valence-electron chi connectivity index (χ1n) is 11.2. The van der Waals surface area contributed by atoms with Gasteiger partial charge >= 0.3 is 3.93 Å². The predicted molar refractivity (Wildman–Crippen MR) is 150 cm³/mol. The SMILES string of the molecule is C=N/C=C(F)\C=C(/C)c1cnc2c(-c3ccc(C(F)(F)I)c(C(=O)N(C)c4ccc(F)cc4)c3)cccn12. The third kappa shape index (κ3) is 5.54. The van der Waals surface area contributed by atoms with Crippen molar-refractivity contribution in [3.05, 3.63) is 108 Å². The van der Waals surface area contributed by atoms with E-state index in [4.69, 9.17) is 0 Å². The number of rotatable bonds is 7. The molecule has 4 aromatic rings. The van der Waals surface area contributed by atoms with E-state index < -0.39 is 27.0 Å². The average Bonchev–Trinajstić information content (AvgIpc) is 3.32. The van der Waals surface area contributed by atoms with E-state index in [0.717, 1.165) is 28.8 Å². The van der Waals surface area contributed by atoms with Gasteiger partial charge in [-0.2, -0.15) is 8.78 Å². The monoisotopic (exact) mass is 632 g/mol. The second-order valence-corrected chi connectivity index (χ2v) is 9.74. The Bertz CT molecular complexity index is 1590. The van der Waals surface area contributed by atoms with E-state index in [9.17, 15) is 22.4 Å². The molecule has 0 aliphatic carbocycles. The quantitative estimate of drug-likeness (QED) is 0.0687. The molecule has 194 valence electrons. The molecule has 2 aromatic heterocycles. The minimum atomic E-state index is -3.32. The van der Waals surface area contributed by atoms with Crippen LogP contribution in [0.4, 0.5) is 23.2 Å². The number of aromatic nitrogens is 2. The number of nitrogens with zero attached hydrogens (tertiary/aromatic N) is 4. The fraction of sp³-hybridized carbons (Fsp3) is 0.107. The maximum atomic E-state index is 14.5. The lowest BCUT2D eigenvalue weighted by Crippen LogP contribution is -2.28. The number of benzene rings is 2. The minimum Gasteiger partial charge on any atom is -0.311 e. The van der Waals surface area contributed by atoms with Crippen LogP contribution in [0.15, 0.2) is 90.1 Å². The van der Waals surface area contributed by atoms with Crippen molar-refractivity contribution in [1.29, 1.82) is 0 Å². The van der Waals surface area contributed by atoms with Gasteiger partial charge < -0.3 is 4.90 Å². The summed E-state index contributed by atoms with van der Waals surface area (Å²) in [6, 6.07) is 12.8. The number of aliphatic imine (C=N–C) groups is 1. The highest BCUT2D eigenvalue weighted by Crippen LogP contribution is 2.40. The third-order valence-corrected chi connectivity index (χ3v) is 6.47. The number of hydrogen-bond acceptors (Lipinski definition) is 3. The Hall–Kier alpha value is -3.80. The van der Waals surface area contributed by atoms with Gasteiger partial charge in [0, 0.05) is 52.6 Å². The molecule has 4 rings (SSSR count). The van der Waals surface area contributed by atoms with E-state index in [1.54, 1.807) is 35.9 Å². The molecule has 0 aliphatic rings. The van der Waals surface area contributed by atoms with Gasteiger partial charge in [-0.1, -0.05) is 12.1 Å². The van der Waals surface area contributed by atoms with E-state index >= 15 is 0 Å². The molecule has 38 heavy (non-hydrogen) atoms. The molecule has 0 bridgehead atoms. The van der Waals surface area contributed by atoms with Crippen molar-refractivity contribution >= 4 is 52.1 Å². The van der Waals surface area contributed by atoms with Crippen molar-refractivity contribution in [2.75, 3.05) is 11.9 Å². The molecular formula is C28H21F4IN4O. The normalized spacial score (nSPS) is 12.6. The zero-order valence-electron chi connectivity index (χ0n) is 20.3. The highest BCUT2D eigenvalue weighted by molar-refractivity contribution is 14.1. The van der Waals surface area contributed by atoms with Gasteiger partial charge in [0.2, 0.25) is 0 Å². The van der Waals surface area contributed by atoms with Crippen LogP contribution in [0.2, 0.25) is 0 Å². The van der Waals surface area contributed by atoms with E-state index in [2.05, 4.69) is 16.7 Å². The van der Waals surface area contributed by atoms with Gasteiger partial charge in [0.25, 0.3) is 5.91 Å². The number of pyridine rings is 1. The summed E-state index contributed by atoms with van der Waals surface area (Å²) in [5.74, 6) is -1.74. The first kappa shape index (κ1) is 27.2. The van der Waals surface area contributed by atoms with Crippen molar-refractivity contribution in [1.82, 2.24) is 9.38 Å². The van der Waals surface area contributed by atoms with Crippen LogP contribution in [-0.4, -0.2) is 29.1 Å². The predicted octanol–water partition coefficient (Wildman–Crippen LogP) is 7.82. The Balaban J connectivity index is 1.83.